The zero-order chi connectivity index (χ0) is 31.8. The highest BCUT2D eigenvalue weighted by Crippen LogP contribution is 2.23. The lowest BCUT2D eigenvalue weighted by Crippen LogP contribution is -2.47. The van der Waals surface area contributed by atoms with Crippen LogP contribution in [-0.4, -0.2) is 39.9 Å². The fraction of sp³-hybridized carbons (Fsp3) is 0.250. The van der Waals surface area contributed by atoms with E-state index in [-0.39, 0.29) is 32.2 Å². The maximum Gasteiger partial charge on any atom is 0.272 e. The summed E-state index contributed by atoms with van der Waals surface area (Å²) >= 11 is 0. The number of nitrogens with one attached hydrogen (secondary N) is 6. The van der Waals surface area contributed by atoms with Gasteiger partial charge in [-0.05, 0) is 41.5 Å². The fourth-order valence-corrected chi connectivity index (χ4v) is 4.77. The maximum absolute atomic E-state index is 12.9. The molecule has 0 saturated carbocycles. The minimum atomic E-state index is -0.489. The summed E-state index contributed by atoms with van der Waals surface area (Å²) in [6, 6.07) is 6.94. The highest BCUT2D eigenvalue weighted by atomic mass is 16.1. The van der Waals surface area contributed by atoms with Crippen molar-refractivity contribution in [2.24, 2.45) is 0 Å². The summed E-state index contributed by atoms with van der Waals surface area (Å²) < 4.78 is 0. The molecule has 4 aromatic heterocycles. The molecular formula is C32H34N8O4. The van der Waals surface area contributed by atoms with Gasteiger partial charge in [0.2, 0.25) is 0 Å². The largest absolute Gasteiger partial charge is 0.348 e. The number of hydrogen-bond donors (Lipinski definition) is 6. The predicted molar refractivity (Wildman–Crippen MR) is 169 cm³/mol. The van der Waals surface area contributed by atoms with Gasteiger partial charge in [-0.3, -0.25) is 19.2 Å². The van der Waals surface area contributed by atoms with E-state index in [0.717, 1.165) is 11.4 Å². The van der Waals surface area contributed by atoms with E-state index in [0.29, 0.717) is 22.5 Å². The summed E-state index contributed by atoms with van der Waals surface area (Å²) in [7, 11) is 0. The van der Waals surface area contributed by atoms with Gasteiger partial charge in [-0.15, -0.1) is 0 Å². The molecule has 12 nitrogen and oxygen atoms in total. The molecule has 0 aliphatic heterocycles. The van der Waals surface area contributed by atoms with Crippen molar-refractivity contribution in [3.8, 4) is 0 Å². The molecule has 226 valence electrons. The topological polar surface area (TPSA) is 189 Å². The van der Waals surface area contributed by atoms with Gasteiger partial charge in [-0.25, -0.2) is 9.97 Å². The van der Waals surface area contributed by atoms with Crippen LogP contribution in [0.2, 0.25) is 0 Å². The molecule has 0 amide bonds. The quantitative estimate of drug-likeness (QED) is 0.167. The third kappa shape index (κ3) is 6.43. The van der Waals surface area contributed by atoms with Gasteiger partial charge in [0.05, 0.1) is 24.0 Å². The highest BCUT2D eigenvalue weighted by molar-refractivity contribution is 5.57. The van der Waals surface area contributed by atoms with Crippen LogP contribution in [0.4, 0.5) is 0 Å². The molecule has 0 aliphatic rings. The maximum atomic E-state index is 12.9. The van der Waals surface area contributed by atoms with Gasteiger partial charge in [-0.1, -0.05) is 59.7 Å². The van der Waals surface area contributed by atoms with E-state index in [2.05, 4.69) is 39.9 Å². The zero-order valence-corrected chi connectivity index (χ0v) is 25.3. The first-order chi connectivity index (χ1) is 20.7. The Balaban J connectivity index is 1.51. The first-order valence-electron chi connectivity index (χ1n) is 14.0. The van der Waals surface area contributed by atoms with E-state index in [9.17, 15) is 19.2 Å². The molecule has 0 aliphatic carbocycles. The smallest absolute Gasteiger partial charge is 0.272 e. The van der Waals surface area contributed by atoms with Crippen molar-refractivity contribution < 1.29 is 0 Å². The van der Waals surface area contributed by atoms with E-state index in [1.54, 1.807) is 36.9 Å². The Labute approximate surface area is 250 Å². The van der Waals surface area contributed by atoms with Crippen LogP contribution in [0.15, 0.2) is 56.1 Å². The van der Waals surface area contributed by atoms with Gasteiger partial charge in [-0.2, -0.15) is 0 Å². The number of H-pyrrole nitrogens is 6. The second kappa shape index (κ2) is 11.3. The summed E-state index contributed by atoms with van der Waals surface area (Å²) in [6.45, 7) is 12.1. The molecule has 44 heavy (non-hydrogen) atoms. The summed E-state index contributed by atoms with van der Waals surface area (Å²) in [5.41, 5.74) is 1.57. The Kier molecular flexibility index (Phi) is 7.68. The monoisotopic (exact) mass is 594 g/mol. The average molecular weight is 595 g/mol. The number of benzene rings is 1. The minimum Gasteiger partial charge on any atom is -0.348 e. The number of aromatic amines is 6. The molecule has 5 aromatic rings. The number of nitrogens with zero attached hydrogens (tertiary/aromatic N) is 2. The number of hydrogen-bond acceptors (Lipinski definition) is 6. The van der Waals surface area contributed by atoms with Gasteiger partial charge >= 0.3 is 0 Å². The van der Waals surface area contributed by atoms with E-state index < -0.39 is 22.2 Å². The summed E-state index contributed by atoms with van der Waals surface area (Å²) in [6.07, 6.45) is 9.22. The Hall–Kier alpha value is -5.52. The van der Waals surface area contributed by atoms with Crippen LogP contribution in [0.1, 0.15) is 75.4 Å². The Morgan fingerprint density at radius 2 is 0.886 bits per heavy atom. The molecular weight excluding hydrogens is 560 g/mol. The normalized spacial score (nSPS) is 14.1. The SMILES string of the molecule is CC(C)(C)c1[nH]cnc1/C=c1\[nH]c(=O)/c(=C/c2cccc(/C=c3\[nH]c(=O)/c(=C/c4nc[nH]c4C(C)(C)C)[nH]c3=O)c2)[nH]c1=O. The Bertz CT molecular complexity index is 2190. The minimum absolute atomic E-state index is 0.0570. The van der Waals surface area contributed by atoms with Crippen LogP contribution in [-0.2, 0) is 10.8 Å². The molecule has 0 bridgehead atoms. The summed E-state index contributed by atoms with van der Waals surface area (Å²) in [4.78, 5) is 76.7. The van der Waals surface area contributed by atoms with Crippen molar-refractivity contribution in [2.75, 3.05) is 0 Å². The van der Waals surface area contributed by atoms with Crippen LogP contribution in [0.5, 0.6) is 0 Å². The third-order valence-corrected chi connectivity index (χ3v) is 6.90. The summed E-state index contributed by atoms with van der Waals surface area (Å²) in [5.74, 6) is 0. The van der Waals surface area contributed by atoms with Gasteiger partial charge < -0.3 is 29.9 Å². The fourth-order valence-electron chi connectivity index (χ4n) is 4.77. The number of imidazole rings is 2. The molecule has 6 N–H and O–H groups in total. The summed E-state index contributed by atoms with van der Waals surface area (Å²) in [5, 5.41) is 0.276. The third-order valence-electron chi connectivity index (χ3n) is 6.90. The number of aromatic nitrogens is 8. The van der Waals surface area contributed by atoms with Crippen LogP contribution in [0.3, 0.4) is 0 Å². The van der Waals surface area contributed by atoms with Crippen molar-refractivity contribution in [1.82, 2.24) is 39.9 Å². The zero-order valence-electron chi connectivity index (χ0n) is 25.3. The molecule has 5 rings (SSSR count). The molecule has 1 aromatic carbocycles. The molecule has 0 atom stereocenters. The van der Waals surface area contributed by atoms with Crippen LogP contribution in [0, 0.1) is 0 Å². The van der Waals surface area contributed by atoms with E-state index in [4.69, 9.17) is 0 Å². The van der Waals surface area contributed by atoms with E-state index in [1.807, 2.05) is 41.5 Å². The van der Waals surface area contributed by atoms with Gasteiger partial charge in [0, 0.05) is 22.2 Å². The van der Waals surface area contributed by atoms with E-state index in [1.165, 1.54) is 24.3 Å². The number of rotatable bonds is 4. The van der Waals surface area contributed by atoms with Crippen LogP contribution >= 0.6 is 0 Å². The lowest BCUT2D eigenvalue weighted by Gasteiger charge is -2.16. The molecule has 0 spiro atoms. The molecule has 0 saturated heterocycles. The first-order valence-corrected chi connectivity index (χ1v) is 14.0. The second-order valence-corrected chi connectivity index (χ2v) is 12.5. The lowest BCUT2D eigenvalue weighted by atomic mass is 9.90. The van der Waals surface area contributed by atoms with Gasteiger partial charge in [0.25, 0.3) is 22.2 Å². The van der Waals surface area contributed by atoms with Crippen molar-refractivity contribution >= 4 is 24.3 Å². The standard InChI is InChI=1S/C32H34N8O4/c1-31(2,3)25-19(33-15-35-25)13-23-29(43)37-21(27(41)39-23)11-17-8-7-9-18(10-17)12-22-28(42)40-24(30(44)38-22)14-20-26(32(4,5)6)36-16-34-20/h7-16H,1-6H3,(H,33,35)(H,34,36)(H,37,43)(H,38,44)(H,39,41)(H,40,42)/b21-11-,22-12-,23-13-,24-14-. The Morgan fingerprint density at radius 1 is 0.545 bits per heavy atom. The molecule has 12 heteroatoms. The Morgan fingerprint density at radius 3 is 1.23 bits per heavy atom. The van der Waals surface area contributed by atoms with Crippen molar-refractivity contribution in [3.63, 3.8) is 0 Å². The molecule has 0 radical (unpaired) electrons. The van der Waals surface area contributed by atoms with Crippen LogP contribution in [0.25, 0.3) is 24.3 Å². The highest BCUT2D eigenvalue weighted by Gasteiger charge is 2.20. The molecule has 0 fully saturated rings. The van der Waals surface area contributed by atoms with Gasteiger partial charge in [0.1, 0.15) is 21.4 Å². The van der Waals surface area contributed by atoms with Crippen LogP contribution < -0.4 is 43.6 Å². The lowest BCUT2D eigenvalue weighted by molar-refractivity contribution is 0.571. The first kappa shape index (κ1) is 30.0. The second-order valence-electron chi connectivity index (χ2n) is 12.5. The average Bonchev–Trinajstić information content (AvgIpc) is 3.60. The van der Waals surface area contributed by atoms with Gasteiger partial charge in [0.15, 0.2) is 0 Å². The molecule has 4 heterocycles. The predicted octanol–water partition coefficient (Wildman–Crippen LogP) is -0.204. The van der Waals surface area contributed by atoms with Crippen molar-refractivity contribution in [2.45, 2.75) is 52.4 Å². The molecule has 0 unspecified atom stereocenters. The van der Waals surface area contributed by atoms with Crippen molar-refractivity contribution in [1.29, 1.82) is 0 Å². The van der Waals surface area contributed by atoms with E-state index >= 15 is 0 Å². The van der Waals surface area contributed by atoms with Crippen molar-refractivity contribution in [3.05, 3.63) is 134 Å².